The third-order valence-corrected chi connectivity index (χ3v) is 5.00. The largest absolute Gasteiger partial charge is 0.375 e. The van der Waals surface area contributed by atoms with E-state index in [1.54, 1.807) is 23.1 Å². The van der Waals surface area contributed by atoms with E-state index in [1.165, 1.54) is 16.0 Å². The molecule has 2 N–H and O–H groups in total. The van der Waals surface area contributed by atoms with Crippen LogP contribution in [0.25, 0.3) is 20.4 Å². The van der Waals surface area contributed by atoms with Crippen LogP contribution in [0.4, 0.5) is 5.13 Å². The van der Waals surface area contributed by atoms with Crippen molar-refractivity contribution in [2.24, 2.45) is 0 Å². The lowest BCUT2D eigenvalue weighted by Gasteiger charge is -1.87. The van der Waals surface area contributed by atoms with E-state index < -0.39 is 0 Å². The maximum Gasteiger partial charge on any atom is 0.181 e. The molecule has 6 heteroatoms. The molecular formula is C9H7N3S3. The Morgan fingerprint density at radius 2 is 2.13 bits per heavy atom. The highest BCUT2D eigenvalue weighted by Crippen LogP contribution is 2.35. The summed E-state index contributed by atoms with van der Waals surface area (Å²) in [5.74, 6) is 0. The Morgan fingerprint density at radius 3 is 2.93 bits per heavy atom. The SMILES string of the molecule is CSc1nc2c(ccc3nc(N)sc32)s1. The molecular weight excluding hydrogens is 246 g/mol. The Bertz CT molecular complexity index is 640. The monoisotopic (exact) mass is 253 g/mol. The first kappa shape index (κ1) is 9.38. The van der Waals surface area contributed by atoms with Crippen LogP contribution in [0.5, 0.6) is 0 Å². The Labute approximate surface area is 98.3 Å². The fraction of sp³-hybridized carbons (Fsp3) is 0.111. The molecule has 0 spiro atoms. The average molecular weight is 253 g/mol. The minimum absolute atomic E-state index is 0.608. The van der Waals surface area contributed by atoms with Crippen molar-refractivity contribution in [1.82, 2.24) is 9.97 Å². The van der Waals surface area contributed by atoms with E-state index in [2.05, 4.69) is 16.0 Å². The molecule has 0 bridgehead atoms. The van der Waals surface area contributed by atoms with E-state index in [0.717, 1.165) is 20.1 Å². The van der Waals surface area contributed by atoms with Crippen molar-refractivity contribution in [3.8, 4) is 0 Å². The average Bonchev–Trinajstić information content (AvgIpc) is 2.78. The number of thioether (sulfide) groups is 1. The van der Waals surface area contributed by atoms with Crippen molar-refractivity contribution >= 4 is 60.0 Å². The second kappa shape index (κ2) is 3.33. The maximum atomic E-state index is 5.70. The standard InChI is InChI=1S/C9H7N3S3/c1-13-9-12-6-5(14-9)3-2-4-7(6)15-8(10)11-4/h2-3H,1H3,(H2,10,11). The van der Waals surface area contributed by atoms with Crippen LogP contribution in [-0.4, -0.2) is 16.2 Å². The van der Waals surface area contributed by atoms with Crippen molar-refractivity contribution < 1.29 is 0 Å². The molecule has 0 unspecified atom stereocenters. The lowest BCUT2D eigenvalue weighted by atomic mass is 10.3. The van der Waals surface area contributed by atoms with Crippen LogP contribution in [0.15, 0.2) is 16.5 Å². The fourth-order valence-electron chi connectivity index (χ4n) is 1.46. The zero-order chi connectivity index (χ0) is 10.4. The van der Waals surface area contributed by atoms with Crippen LogP contribution in [0.2, 0.25) is 0 Å². The van der Waals surface area contributed by atoms with Crippen LogP contribution in [0.1, 0.15) is 0 Å². The molecule has 3 rings (SSSR count). The number of nitrogens with zero attached hydrogens (tertiary/aromatic N) is 2. The maximum absolute atomic E-state index is 5.70. The minimum atomic E-state index is 0.608. The van der Waals surface area contributed by atoms with Gasteiger partial charge >= 0.3 is 0 Å². The number of nitrogen functional groups attached to an aromatic ring is 1. The smallest absolute Gasteiger partial charge is 0.181 e. The molecule has 0 aliphatic rings. The summed E-state index contributed by atoms with van der Waals surface area (Å²) in [6, 6.07) is 4.07. The highest BCUT2D eigenvalue weighted by atomic mass is 32.2. The topological polar surface area (TPSA) is 51.8 Å². The van der Waals surface area contributed by atoms with Gasteiger partial charge in [-0.15, -0.1) is 11.3 Å². The number of aromatic nitrogens is 2. The van der Waals surface area contributed by atoms with Crippen molar-refractivity contribution in [3.05, 3.63) is 12.1 Å². The molecule has 0 radical (unpaired) electrons. The van der Waals surface area contributed by atoms with Crippen molar-refractivity contribution in [1.29, 1.82) is 0 Å². The summed E-state index contributed by atoms with van der Waals surface area (Å²) in [7, 11) is 0. The number of benzene rings is 1. The molecule has 0 aliphatic carbocycles. The molecule has 15 heavy (non-hydrogen) atoms. The van der Waals surface area contributed by atoms with Gasteiger partial charge in [-0.05, 0) is 18.4 Å². The van der Waals surface area contributed by atoms with E-state index in [0.29, 0.717) is 5.13 Å². The Hall–Kier alpha value is -0.850. The highest BCUT2D eigenvalue weighted by Gasteiger charge is 2.10. The van der Waals surface area contributed by atoms with Gasteiger partial charge in [0, 0.05) is 0 Å². The molecule has 0 aliphatic heterocycles. The fourth-order valence-corrected chi connectivity index (χ4v) is 3.84. The Balaban J connectivity index is 2.46. The van der Waals surface area contributed by atoms with Crippen molar-refractivity contribution in [3.63, 3.8) is 0 Å². The molecule has 1 aromatic carbocycles. The summed E-state index contributed by atoms with van der Waals surface area (Å²) in [5, 5.41) is 0.608. The summed E-state index contributed by atoms with van der Waals surface area (Å²) in [6.07, 6.45) is 2.04. The Kier molecular flexibility index (Phi) is 2.08. The lowest BCUT2D eigenvalue weighted by Crippen LogP contribution is -1.78. The third-order valence-electron chi connectivity index (χ3n) is 2.09. The van der Waals surface area contributed by atoms with Crippen LogP contribution >= 0.6 is 34.4 Å². The predicted octanol–water partition coefficient (Wildman–Crippen LogP) is 3.21. The first-order valence-electron chi connectivity index (χ1n) is 4.27. The number of rotatable bonds is 1. The zero-order valence-electron chi connectivity index (χ0n) is 7.85. The van der Waals surface area contributed by atoms with Crippen LogP contribution < -0.4 is 5.73 Å². The van der Waals surface area contributed by atoms with Gasteiger partial charge in [0.2, 0.25) is 0 Å². The van der Waals surface area contributed by atoms with E-state index >= 15 is 0 Å². The second-order valence-electron chi connectivity index (χ2n) is 3.00. The molecule has 2 heterocycles. The predicted molar refractivity (Wildman–Crippen MR) is 69.0 cm³/mol. The third kappa shape index (κ3) is 1.40. The van der Waals surface area contributed by atoms with Gasteiger partial charge in [-0.1, -0.05) is 23.1 Å². The number of anilines is 1. The Morgan fingerprint density at radius 1 is 1.27 bits per heavy atom. The number of fused-ring (bicyclic) bond motifs is 3. The summed E-state index contributed by atoms with van der Waals surface area (Å²) < 4.78 is 3.39. The normalized spacial score (nSPS) is 11.5. The molecule has 0 atom stereocenters. The molecule has 0 saturated carbocycles. The highest BCUT2D eigenvalue weighted by molar-refractivity contribution is 8.00. The number of nitrogens with two attached hydrogens (primary N) is 1. The van der Waals surface area contributed by atoms with Crippen molar-refractivity contribution in [2.75, 3.05) is 12.0 Å². The number of hydrogen-bond donors (Lipinski definition) is 1. The van der Waals surface area contributed by atoms with Gasteiger partial charge in [0.1, 0.15) is 5.52 Å². The molecule has 0 saturated heterocycles. The van der Waals surface area contributed by atoms with Gasteiger partial charge < -0.3 is 5.73 Å². The molecule has 0 amide bonds. The van der Waals surface area contributed by atoms with Gasteiger partial charge in [0.05, 0.1) is 14.9 Å². The minimum Gasteiger partial charge on any atom is -0.375 e. The van der Waals surface area contributed by atoms with E-state index in [-0.39, 0.29) is 0 Å². The second-order valence-corrected chi connectivity index (χ2v) is 6.11. The molecule has 0 fully saturated rings. The molecule has 76 valence electrons. The summed E-state index contributed by atoms with van der Waals surface area (Å²) in [6.45, 7) is 0. The summed E-state index contributed by atoms with van der Waals surface area (Å²) in [4.78, 5) is 8.82. The van der Waals surface area contributed by atoms with E-state index in [4.69, 9.17) is 5.73 Å². The molecule has 3 aromatic rings. The van der Waals surface area contributed by atoms with Gasteiger partial charge in [-0.25, -0.2) is 9.97 Å². The van der Waals surface area contributed by atoms with Gasteiger partial charge in [-0.3, -0.25) is 0 Å². The van der Waals surface area contributed by atoms with Gasteiger partial charge in [0.25, 0.3) is 0 Å². The number of hydrogen-bond acceptors (Lipinski definition) is 6. The van der Waals surface area contributed by atoms with Crippen LogP contribution in [-0.2, 0) is 0 Å². The van der Waals surface area contributed by atoms with E-state index in [9.17, 15) is 0 Å². The number of thiazole rings is 2. The quantitative estimate of drug-likeness (QED) is 0.677. The first-order chi connectivity index (χ1) is 7.28. The lowest BCUT2D eigenvalue weighted by molar-refractivity contribution is 1.32. The van der Waals surface area contributed by atoms with E-state index in [1.807, 2.05) is 12.3 Å². The van der Waals surface area contributed by atoms with Gasteiger partial charge in [-0.2, -0.15) is 0 Å². The molecule has 2 aromatic heterocycles. The first-order valence-corrected chi connectivity index (χ1v) is 7.13. The van der Waals surface area contributed by atoms with Crippen molar-refractivity contribution in [2.45, 2.75) is 4.34 Å². The van der Waals surface area contributed by atoms with Crippen LogP contribution in [0, 0.1) is 0 Å². The summed E-state index contributed by atoms with van der Waals surface area (Å²) in [5.41, 5.74) is 7.68. The summed E-state index contributed by atoms with van der Waals surface area (Å²) >= 11 is 4.89. The zero-order valence-corrected chi connectivity index (χ0v) is 10.3. The molecule has 3 nitrogen and oxygen atoms in total. The van der Waals surface area contributed by atoms with Crippen LogP contribution in [0.3, 0.4) is 0 Å². The van der Waals surface area contributed by atoms with Gasteiger partial charge in [0.15, 0.2) is 9.47 Å².